The van der Waals surface area contributed by atoms with Crippen molar-refractivity contribution in [1.82, 2.24) is 0 Å². The van der Waals surface area contributed by atoms with E-state index in [-0.39, 0.29) is 17.0 Å². The van der Waals surface area contributed by atoms with Crippen molar-refractivity contribution in [2.24, 2.45) is 0 Å². The maximum Gasteiger partial charge on any atom is 0.290 e. The first kappa shape index (κ1) is 9.99. The lowest BCUT2D eigenvalue weighted by atomic mass is 10.2. The molecule has 0 saturated carbocycles. The Morgan fingerprint density at radius 3 is 2.86 bits per heavy atom. The Hall–Kier alpha value is -2.09. The minimum Gasteiger partial charge on any atom is -0.492 e. The van der Waals surface area contributed by atoms with Gasteiger partial charge in [-0.25, -0.2) is 0 Å². The Kier molecular flexibility index (Phi) is 3.02. The third kappa shape index (κ3) is 1.80. The van der Waals surface area contributed by atoms with Crippen LogP contribution in [0.15, 0.2) is 18.2 Å². The molecule has 1 aromatic rings. The second kappa shape index (κ2) is 4.23. The van der Waals surface area contributed by atoms with Crippen LogP contribution in [0.3, 0.4) is 0 Å². The Morgan fingerprint density at radius 1 is 1.64 bits per heavy atom. The SMILES string of the molecule is CCOc1cccc([N+](=O)[O-])c1C#N. The van der Waals surface area contributed by atoms with E-state index in [2.05, 4.69) is 0 Å². The number of benzene rings is 1. The summed E-state index contributed by atoms with van der Waals surface area (Å²) in [5.74, 6) is 0.254. The summed E-state index contributed by atoms with van der Waals surface area (Å²) in [7, 11) is 0. The quantitative estimate of drug-likeness (QED) is 0.541. The monoisotopic (exact) mass is 192 g/mol. The van der Waals surface area contributed by atoms with Gasteiger partial charge in [-0.05, 0) is 13.0 Å². The molecule has 0 atom stereocenters. The molecule has 1 aromatic carbocycles. The molecule has 0 bridgehead atoms. The molecule has 0 amide bonds. The van der Waals surface area contributed by atoms with E-state index in [1.807, 2.05) is 0 Å². The zero-order valence-electron chi connectivity index (χ0n) is 7.56. The van der Waals surface area contributed by atoms with Gasteiger partial charge in [0.1, 0.15) is 11.8 Å². The molecule has 5 heteroatoms. The van der Waals surface area contributed by atoms with Gasteiger partial charge in [-0.3, -0.25) is 10.1 Å². The lowest BCUT2D eigenvalue weighted by Gasteiger charge is -2.04. The van der Waals surface area contributed by atoms with Crippen LogP contribution in [0.25, 0.3) is 0 Å². The minimum atomic E-state index is -0.596. The standard InChI is InChI=1S/C9H8N2O3/c1-2-14-9-5-3-4-8(11(12)13)7(9)6-10/h3-5H,2H2,1H3. The molecular weight excluding hydrogens is 184 g/mol. The molecule has 0 unspecified atom stereocenters. The molecule has 0 aliphatic heterocycles. The van der Waals surface area contributed by atoms with E-state index >= 15 is 0 Å². The van der Waals surface area contributed by atoms with Crippen molar-refractivity contribution in [3.8, 4) is 11.8 Å². The van der Waals surface area contributed by atoms with Crippen LogP contribution in [0.5, 0.6) is 5.75 Å². The highest BCUT2D eigenvalue weighted by Crippen LogP contribution is 2.26. The van der Waals surface area contributed by atoms with E-state index in [0.717, 1.165) is 0 Å². The van der Waals surface area contributed by atoms with E-state index in [1.54, 1.807) is 13.0 Å². The van der Waals surface area contributed by atoms with E-state index in [9.17, 15) is 10.1 Å². The van der Waals surface area contributed by atoms with Crippen LogP contribution in [0.2, 0.25) is 0 Å². The normalized spacial score (nSPS) is 9.14. The first-order chi connectivity index (χ1) is 6.70. The molecule has 5 nitrogen and oxygen atoms in total. The van der Waals surface area contributed by atoms with Gasteiger partial charge in [0, 0.05) is 6.07 Å². The van der Waals surface area contributed by atoms with Gasteiger partial charge in [-0.1, -0.05) is 6.07 Å². The van der Waals surface area contributed by atoms with Gasteiger partial charge < -0.3 is 4.74 Å². The lowest BCUT2D eigenvalue weighted by molar-refractivity contribution is -0.385. The molecule has 0 radical (unpaired) electrons. The fourth-order valence-corrected chi connectivity index (χ4v) is 1.06. The second-order valence-electron chi connectivity index (χ2n) is 2.45. The summed E-state index contributed by atoms with van der Waals surface area (Å²) < 4.78 is 5.09. The van der Waals surface area contributed by atoms with Gasteiger partial charge in [0.05, 0.1) is 11.5 Å². The van der Waals surface area contributed by atoms with Crippen LogP contribution >= 0.6 is 0 Å². The maximum absolute atomic E-state index is 10.5. The second-order valence-corrected chi connectivity index (χ2v) is 2.45. The highest BCUT2D eigenvalue weighted by atomic mass is 16.6. The molecule has 1 rings (SSSR count). The van der Waals surface area contributed by atoms with Crippen LogP contribution in [0, 0.1) is 21.4 Å². The number of nitro benzene ring substituents is 1. The highest BCUT2D eigenvalue weighted by Gasteiger charge is 2.17. The van der Waals surface area contributed by atoms with Crippen molar-refractivity contribution < 1.29 is 9.66 Å². The van der Waals surface area contributed by atoms with Crippen molar-refractivity contribution in [3.05, 3.63) is 33.9 Å². The third-order valence-corrected chi connectivity index (χ3v) is 1.61. The van der Waals surface area contributed by atoms with E-state index < -0.39 is 4.92 Å². The summed E-state index contributed by atoms with van der Waals surface area (Å²) >= 11 is 0. The van der Waals surface area contributed by atoms with E-state index in [0.29, 0.717) is 6.61 Å². The Bertz CT molecular complexity index is 396. The summed E-state index contributed by atoms with van der Waals surface area (Å²) in [6.07, 6.45) is 0. The van der Waals surface area contributed by atoms with Crippen molar-refractivity contribution in [2.45, 2.75) is 6.92 Å². The molecule has 0 fully saturated rings. The molecule has 0 N–H and O–H groups in total. The van der Waals surface area contributed by atoms with Crippen molar-refractivity contribution in [2.75, 3.05) is 6.61 Å². The average Bonchev–Trinajstić information content (AvgIpc) is 2.18. The van der Waals surface area contributed by atoms with Crippen molar-refractivity contribution in [1.29, 1.82) is 5.26 Å². The molecule has 0 saturated heterocycles. The van der Waals surface area contributed by atoms with Gasteiger partial charge >= 0.3 is 0 Å². The predicted octanol–water partition coefficient (Wildman–Crippen LogP) is 1.87. The number of nitriles is 1. The summed E-state index contributed by atoms with van der Waals surface area (Å²) in [4.78, 5) is 9.94. The summed E-state index contributed by atoms with van der Waals surface area (Å²) in [6.45, 7) is 2.12. The van der Waals surface area contributed by atoms with Gasteiger partial charge in [0.25, 0.3) is 5.69 Å². The zero-order valence-corrected chi connectivity index (χ0v) is 7.56. The molecule has 0 spiro atoms. The van der Waals surface area contributed by atoms with Crippen LogP contribution in [0.1, 0.15) is 12.5 Å². The van der Waals surface area contributed by atoms with E-state index in [4.69, 9.17) is 10.00 Å². The van der Waals surface area contributed by atoms with Gasteiger partial charge in [-0.2, -0.15) is 5.26 Å². The number of hydrogen-bond acceptors (Lipinski definition) is 4. The van der Waals surface area contributed by atoms with Crippen LogP contribution in [-0.4, -0.2) is 11.5 Å². The lowest BCUT2D eigenvalue weighted by Crippen LogP contribution is -1.98. The number of nitro groups is 1. The third-order valence-electron chi connectivity index (χ3n) is 1.61. The topological polar surface area (TPSA) is 76.2 Å². The fraction of sp³-hybridized carbons (Fsp3) is 0.222. The summed E-state index contributed by atoms with van der Waals surface area (Å²) in [6, 6.07) is 6.07. The average molecular weight is 192 g/mol. The fourth-order valence-electron chi connectivity index (χ4n) is 1.06. The first-order valence-electron chi connectivity index (χ1n) is 4.01. The summed E-state index contributed by atoms with van der Waals surface area (Å²) in [5, 5.41) is 19.3. The molecular formula is C9H8N2O3. The first-order valence-corrected chi connectivity index (χ1v) is 4.01. The van der Waals surface area contributed by atoms with Crippen LogP contribution in [-0.2, 0) is 0 Å². The predicted molar refractivity (Wildman–Crippen MR) is 49.0 cm³/mol. The van der Waals surface area contributed by atoms with Crippen LogP contribution in [0.4, 0.5) is 5.69 Å². The molecule has 0 aromatic heterocycles. The molecule has 0 aliphatic carbocycles. The zero-order chi connectivity index (χ0) is 10.6. The van der Waals surface area contributed by atoms with E-state index in [1.165, 1.54) is 18.2 Å². The molecule has 0 heterocycles. The van der Waals surface area contributed by atoms with Crippen molar-refractivity contribution >= 4 is 5.69 Å². The van der Waals surface area contributed by atoms with Gasteiger partial charge in [-0.15, -0.1) is 0 Å². The minimum absolute atomic E-state index is 0.0284. The number of hydrogen-bond donors (Lipinski definition) is 0. The van der Waals surface area contributed by atoms with Crippen molar-refractivity contribution in [3.63, 3.8) is 0 Å². The number of rotatable bonds is 3. The Balaban J connectivity index is 3.27. The van der Waals surface area contributed by atoms with Crippen LogP contribution < -0.4 is 4.74 Å². The maximum atomic E-state index is 10.5. The van der Waals surface area contributed by atoms with Gasteiger partial charge in [0.2, 0.25) is 0 Å². The highest BCUT2D eigenvalue weighted by molar-refractivity contribution is 5.56. The Morgan fingerprint density at radius 2 is 2.36 bits per heavy atom. The molecule has 14 heavy (non-hydrogen) atoms. The molecule has 72 valence electrons. The number of nitrogens with zero attached hydrogens (tertiary/aromatic N) is 2. The largest absolute Gasteiger partial charge is 0.492 e. The number of ether oxygens (including phenoxy) is 1. The Labute approximate surface area is 80.7 Å². The molecule has 0 aliphatic rings. The smallest absolute Gasteiger partial charge is 0.290 e. The van der Waals surface area contributed by atoms with Gasteiger partial charge in [0.15, 0.2) is 5.56 Å². The summed E-state index contributed by atoms with van der Waals surface area (Å²) in [5.41, 5.74) is -0.252.